The maximum Gasteiger partial charge on any atom is 0.460 e. The number of methoxy groups -OCH3 is 2. The Labute approximate surface area is 585 Å². The third kappa shape index (κ3) is 24.3. The topological polar surface area (TPSA) is 81.7 Å². The third-order valence-corrected chi connectivity index (χ3v) is 40.3. The van der Waals surface area contributed by atoms with E-state index in [0.29, 0.717) is 6.61 Å². The van der Waals surface area contributed by atoms with E-state index >= 15 is 17.6 Å². The van der Waals surface area contributed by atoms with Crippen molar-refractivity contribution in [3.63, 3.8) is 0 Å². The van der Waals surface area contributed by atoms with E-state index in [1.54, 1.807) is 26.2 Å². The molecule has 0 radical (unpaired) electrons. The average Bonchev–Trinajstić information content (AvgIpc) is 0.711. The normalized spacial score (nSPS) is 18.1. The summed E-state index contributed by atoms with van der Waals surface area (Å²) in [5.74, 6) is -38.4. The largest absolute Gasteiger partial charge is 0.497 e. The monoisotopic (exact) mass is 1490 g/mol. The van der Waals surface area contributed by atoms with E-state index in [1.807, 2.05) is 76.4 Å². The first-order valence-corrected chi connectivity index (χ1v) is 45.4. The summed E-state index contributed by atoms with van der Waals surface area (Å²) in [5, 5.41) is -0.701. The van der Waals surface area contributed by atoms with E-state index in [1.165, 1.54) is 47.0 Å². The Bertz CT molecular complexity index is 2710. The molecule has 8 nitrogen and oxygen atoms in total. The number of ether oxygens (including phenoxy) is 3. The van der Waals surface area contributed by atoms with Gasteiger partial charge in [0.05, 0.1) is 51.3 Å². The number of carbonyl (C=O) groups is 1. The highest BCUT2D eigenvalue weighted by molar-refractivity contribution is 6.76. The van der Waals surface area contributed by atoms with Crippen LogP contribution < -0.4 is 4.74 Å². The minimum absolute atomic E-state index is 0.00691. The van der Waals surface area contributed by atoms with Gasteiger partial charge in [-0.2, -0.15) is 57.1 Å². The summed E-state index contributed by atoms with van der Waals surface area (Å²) in [6, 6.07) is 6.67. The molecular weight excluding hydrogens is 1360 g/mol. The van der Waals surface area contributed by atoms with Crippen LogP contribution in [0.5, 0.6) is 5.75 Å². The lowest BCUT2D eigenvalue weighted by atomic mass is 9.82. The van der Waals surface area contributed by atoms with Gasteiger partial charge >= 0.3 is 41.8 Å². The van der Waals surface area contributed by atoms with Gasteiger partial charge in [0.1, 0.15) is 5.75 Å². The highest BCUT2D eigenvalue weighted by Gasteiger charge is 2.90. The second-order valence-electron chi connectivity index (χ2n) is 32.6. The molecule has 1 aromatic carbocycles. The maximum absolute atomic E-state index is 15.9. The fraction of sp³-hybridized carbons (Fsp3) is 0.767. The Hall–Kier alpha value is -3.05. The van der Waals surface area contributed by atoms with E-state index in [2.05, 4.69) is 115 Å². The van der Waals surface area contributed by atoms with Gasteiger partial charge in [0.15, 0.2) is 33.3 Å². The highest BCUT2D eigenvalue weighted by Crippen LogP contribution is 2.61. The third-order valence-electron chi connectivity index (χ3n) is 21.1. The van der Waals surface area contributed by atoms with Crippen LogP contribution >= 0.6 is 0 Å². The molecule has 0 aromatic heterocycles. The highest BCUT2D eigenvalue weighted by atomic mass is 28.4. The van der Waals surface area contributed by atoms with Gasteiger partial charge in [0.2, 0.25) is 0 Å². The molecule has 25 heteroatoms. The second-order valence-corrected chi connectivity index (χ2v) is 51.8. The van der Waals surface area contributed by atoms with Crippen LogP contribution in [-0.4, -0.2) is 120 Å². The van der Waals surface area contributed by atoms with Gasteiger partial charge in [-0.05, 0) is 132 Å². The smallest absolute Gasteiger partial charge is 0.460 e. The van der Waals surface area contributed by atoms with Crippen molar-refractivity contribution in [2.75, 3.05) is 14.2 Å². The average molecular weight is 1490 g/mol. The molecule has 0 aliphatic rings. The van der Waals surface area contributed by atoms with Crippen LogP contribution in [0.2, 0.25) is 71.5 Å². The Morgan fingerprint density at radius 1 is 0.520 bits per heavy atom. The molecule has 0 aliphatic carbocycles. The van der Waals surface area contributed by atoms with Gasteiger partial charge < -0.3 is 31.9 Å². The number of rotatable bonds is 41. The number of benzene rings is 1. The van der Waals surface area contributed by atoms with E-state index in [-0.39, 0.29) is 64.4 Å². The lowest BCUT2D eigenvalue weighted by Gasteiger charge is -2.46. The summed E-state index contributed by atoms with van der Waals surface area (Å²) in [4.78, 5) is 12.1. The molecule has 98 heavy (non-hydrogen) atoms. The molecule has 0 amide bonds. The SMILES string of the molecule is C=C/C=C/[C@H](C)[C@H](OCc1ccc(OC)cc1)[C@@H](C)[C@@H](CC[C@H](C)C[C@H](C)[C@@H](O[Si](C)(C)C(C)(C)C)[C@@H](C)C=C[C@H](C[C@H](O[Si](CCC(F)(F)C(F)(F)C(F)(F)C(F)(F)C(F)(F)C(F)(F)F)(C(C)C)C(C)C)[C@@H](C)/C=C/C=C\C(=O)OC)O[Si](C)(C)C(C)(C)C)O[Si](C)(C)C(C)(C)C. The van der Waals surface area contributed by atoms with Crippen LogP contribution in [0, 0.1) is 35.5 Å². The molecule has 570 valence electrons. The molecule has 0 aliphatic heterocycles. The van der Waals surface area contributed by atoms with Gasteiger partial charge in [-0.25, -0.2) is 4.79 Å². The van der Waals surface area contributed by atoms with Crippen molar-refractivity contribution < 1.29 is 93.8 Å². The molecule has 1 aromatic rings. The number of halogens is 13. The van der Waals surface area contributed by atoms with Gasteiger partial charge in [-0.15, -0.1) is 0 Å². The van der Waals surface area contributed by atoms with Crippen LogP contribution in [0.25, 0.3) is 0 Å². The lowest BCUT2D eigenvalue weighted by molar-refractivity contribution is -0.440. The summed E-state index contributed by atoms with van der Waals surface area (Å²) in [7, 11) is -9.09. The van der Waals surface area contributed by atoms with Crippen LogP contribution in [0.1, 0.15) is 169 Å². The minimum Gasteiger partial charge on any atom is -0.497 e. The number of alkyl halides is 13. The molecule has 0 N–H and O–H groups in total. The van der Waals surface area contributed by atoms with Crippen LogP contribution in [0.4, 0.5) is 57.1 Å². The van der Waals surface area contributed by atoms with Gasteiger partial charge in [0, 0.05) is 30.8 Å². The zero-order valence-electron chi connectivity index (χ0n) is 63.8. The molecule has 0 saturated heterocycles. The zero-order chi connectivity index (χ0) is 76.8. The van der Waals surface area contributed by atoms with Crippen molar-refractivity contribution in [2.45, 2.75) is 308 Å². The first kappa shape index (κ1) is 93.0. The molecule has 11 atom stereocenters. The molecule has 0 unspecified atom stereocenters. The van der Waals surface area contributed by atoms with Crippen molar-refractivity contribution in [3.8, 4) is 5.75 Å². The predicted molar refractivity (Wildman–Crippen MR) is 381 cm³/mol. The standard InChI is InChI=1S/C73H123F13O8Si4/c1-29-30-33-53(8)64(90-48-57-38-41-58(88-21)42-39-57)56(11)60(92-96(25,26)66(15,16)17)43-36-51(6)46-55(10)63(94-97(27,28)67(18,19)20)54(9)37-40-59(91-95(23,24)65(12,13)14)47-61(52(7)34-31-32-35-62(87)89-22)93-98(49(2)3,50(4)5)45-44-68(74,75)69(76,77)70(78,79)71(80,81)72(82,83)73(84,85)86/h29-35,37-42,49-56,59-61,63-64H,1,36,43-48H2,2-28H3/b33-30+,34-31+,35-32-,40-37?/t51-,52-,53-,54-,55-,56-,59+,60+,61-,63-,64-/m0/s1. The summed E-state index contributed by atoms with van der Waals surface area (Å²) in [5.41, 5.74) is -0.652. The van der Waals surface area contributed by atoms with Crippen molar-refractivity contribution in [2.24, 2.45) is 35.5 Å². The number of allylic oxidation sites excluding steroid dienone is 4. The molecular formula is C73H123F13O8Si4. The van der Waals surface area contributed by atoms with Crippen molar-refractivity contribution in [3.05, 3.63) is 91.1 Å². The van der Waals surface area contributed by atoms with E-state index < -0.39 is 122 Å². The van der Waals surface area contributed by atoms with E-state index in [0.717, 1.165) is 36.7 Å². The van der Waals surface area contributed by atoms with Crippen molar-refractivity contribution in [1.82, 2.24) is 0 Å². The summed E-state index contributed by atoms with van der Waals surface area (Å²) < 4.78 is 235. The Balaban J connectivity index is 4.23. The molecule has 0 spiro atoms. The number of esters is 1. The number of hydrogen-bond donors (Lipinski definition) is 0. The molecule has 0 fully saturated rings. The molecule has 1 rings (SSSR count). The molecule has 0 heterocycles. The molecule has 0 saturated carbocycles. The fourth-order valence-corrected chi connectivity index (χ4v) is 20.3. The maximum atomic E-state index is 15.9. The summed E-state index contributed by atoms with van der Waals surface area (Å²) >= 11 is 0. The Morgan fingerprint density at radius 2 is 0.990 bits per heavy atom. The first-order chi connectivity index (χ1) is 44.1. The minimum atomic E-state index is -8.02. The first-order valence-electron chi connectivity index (χ1n) is 34.4. The fourth-order valence-electron chi connectivity index (χ4n) is 11.3. The van der Waals surface area contributed by atoms with Gasteiger partial charge in [0.25, 0.3) is 0 Å². The van der Waals surface area contributed by atoms with Gasteiger partial charge in [-0.3, -0.25) is 0 Å². The summed E-state index contributed by atoms with van der Waals surface area (Å²) in [6.07, 6.45) is 5.12. The van der Waals surface area contributed by atoms with E-state index in [9.17, 15) is 44.3 Å². The predicted octanol–water partition coefficient (Wildman–Crippen LogP) is 24.0. The van der Waals surface area contributed by atoms with Crippen molar-refractivity contribution >= 4 is 39.2 Å². The number of hydrogen-bond acceptors (Lipinski definition) is 8. The van der Waals surface area contributed by atoms with Gasteiger partial charge in [-0.1, -0.05) is 199 Å². The Kier molecular flexibility index (Phi) is 34.2. The lowest BCUT2D eigenvalue weighted by Crippen LogP contribution is -2.70. The number of carbonyl (C=O) groups excluding carboxylic acids is 1. The quantitative estimate of drug-likeness (QED) is 0.0160. The second kappa shape index (κ2) is 36.1. The van der Waals surface area contributed by atoms with Crippen LogP contribution in [0.15, 0.2) is 85.5 Å². The zero-order valence-corrected chi connectivity index (χ0v) is 67.8. The van der Waals surface area contributed by atoms with Crippen LogP contribution in [-0.2, 0) is 38.6 Å². The van der Waals surface area contributed by atoms with E-state index in [4.69, 9.17) is 31.9 Å². The van der Waals surface area contributed by atoms with Crippen LogP contribution in [0.3, 0.4) is 0 Å². The Morgan fingerprint density at radius 3 is 1.45 bits per heavy atom. The summed E-state index contributed by atoms with van der Waals surface area (Å²) in [6.45, 7) is 55.2. The molecule has 0 bridgehead atoms. The van der Waals surface area contributed by atoms with Crippen molar-refractivity contribution in [1.29, 1.82) is 0 Å².